The lowest BCUT2D eigenvalue weighted by Gasteiger charge is -2.13. The summed E-state index contributed by atoms with van der Waals surface area (Å²) in [5.41, 5.74) is 3.23. The summed E-state index contributed by atoms with van der Waals surface area (Å²) in [6.07, 6.45) is 1.85. The van der Waals surface area contributed by atoms with Gasteiger partial charge in [-0.2, -0.15) is 0 Å². The van der Waals surface area contributed by atoms with Gasteiger partial charge in [0.2, 0.25) is 0 Å². The van der Waals surface area contributed by atoms with Gasteiger partial charge in [0.1, 0.15) is 0 Å². The molecule has 0 bridgehead atoms. The molecule has 0 aliphatic carbocycles. The molecular weight excluding hydrogens is 256 g/mol. The summed E-state index contributed by atoms with van der Waals surface area (Å²) in [5.74, 6) is -0.766. The minimum Gasteiger partial charge on any atom is -0.481 e. The SMILES string of the molecule is CCc1ccc(Br)c(CC)c1CC(=O)O. The standard InChI is InChI=1S/C12H15BrO2/c1-3-8-5-6-11(13)9(4-2)10(8)7-12(14)15/h5-6H,3-4,7H2,1-2H3,(H,14,15). The van der Waals surface area contributed by atoms with Crippen LogP contribution in [-0.4, -0.2) is 11.1 Å². The van der Waals surface area contributed by atoms with E-state index in [0.29, 0.717) is 0 Å². The second kappa shape index (κ2) is 5.31. The maximum atomic E-state index is 10.8. The van der Waals surface area contributed by atoms with Gasteiger partial charge in [-0.05, 0) is 35.6 Å². The molecule has 2 nitrogen and oxygen atoms in total. The predicted octanol–water partition coefficient (Wildman–Crippen LogP) is 3.20. The van der Waals surface area contributed by atoms with Crippen LogP contribution in [0.4, 0.5) is 0 Å². The van der Waals surface area contributed by atoms with Crippen molar-refractivity contribution in [1.82, 2.24) is 0 Å². The molecule has 15 heavy (non-hydrogen) atoms. The number of hydrogen-bond donors (Lipinski definition) is 1. The first-order valence-electron chi connectivity index (χ1n) is 5.11. The maximum absolute atomic E-state index is 10.8. The molecule has 0 aromatic heterocycles. The maximum Gasteiger partial charge on any atom is 0.307 e. The third-order valence-electron chi connectivity index (χ3n) is 2.53. The summed E-state index contributed by atoms with van der Waals surface area (Å²) in [6.45, 7) is 4.10. The Morgan fingerprint density at radius 2 is 1.93 bits per heavy atom. The molecule has 0 saturated heterocycles. The van der Waals surface area contributed by atoms with Crippen molar-refractivity contribution in [3.8, 4) is 0 Å². The number of aliphatic carboxylic acids is 1. The van der Waals surface area contributed by atoms with Crippen LogP contribution in [0.25, 0.3) is 0 Å². The van der Waals surface area contributed by atoms with Gasteiger partial charge in [0, 0.05) is 4.47 Å². The van der Waals surface area contributed by atoms with Crippen molar-refractivity contribution in [2.24, 2.45) is 0 Å². The number of carbonyl (C=O) groups is 1. The van der Waals surface area contributed by atoms with Crippen LogP contribution < -0.4 is 0 Å². The number of hydrogen-bond acceptors (Lipinski definition) is 1. The Kier molecular flexibility index (Phi) is 4.33. The Bertz CT molecular complexity index is 372. The Balaban J connectivity index is 3.26. The summed E-state index contributed by atoms with van der Waals surface area (Å²) in [6, 6.07) is 4.00. The van der Waals surface area contributed by atoms with Crippen molar-refractivity contribution in [1.29, 1.82) is 0 Å². The zero-order valence-corrected chi connectivity index (χ0v) is 10.6. The van der Waals surface area contributed by atoms with Crippen molar-refractivity contribution in [2.45, 2.75) is 33.1 Å². The van der Waals surface area contributed by atoms with Crippen LogP contribution in [0, 0.1) is 0 Å². The normalized spacial score (nSPS) is 10.3. The minimum atomic E-state index is -0.766. The fourth-order valence-electron chi connectivity index (χ4n) is 1.80. The third kappa shape index (κ3) is 2.81. The molecule has 0 radical (unpaired) electrons. The molecule has 0 amide bonds. The van der Waals surface area contributed by atoms with E-state index >= 15 is 0 Å². The minimum absolute atomic E-state index is 0.117. The second-order valence-electron chi connectivity index (χ2n) is 3.44. The zero-order chi connectivity index (χ0) is 11.4. The highest BCUT2D eigenvalue weighted by molar-refractivity contribution is 9.10. The fourth-order valence-corrected chi connectivity index (χ4v) is 2.45. The Hall–Kier alpha value is -0.830. The van der Waals surface area contributed by atoms with Crippen LogP contribution in [0.3, 0.4) is 0 Å². The van der Waals surface area contributed by atoms with E-state index in [9.17, 15) is 4.79 Å². The highest BCUT2D eigenvalue weighted by Crippen LogP contribution is 2.25. The number of carboxylic acids is 1. The lowest BCUT2D eigenvalue weighted by atomic mass is 9.95. The molecule has 1 aromatic rings. The van der Waals surface area contributed by atoms with E-state index in [1.807, 2.05) is 26.0 Å². The summed E-state index contributed by atoms with van der Waals surface area (Å²) < 4.78 is 1.01. The van der Waals surface area contributed by atoms with Gasteiger partial charge >= 0.3 is 5.97 Å². The molecule has 0 aliphatic rings. The largest absolute Gasteiger partial charge is 0.481 e. The first kappa shape index (κ1) is 12.2. The Labute approximate surface area is 98.4 Å². The smallest absolute Gasteiger partial charge is 0.307 e. The van der Waals surface area contributed by atoms with Crippen molar-refractivity contribution >= 4 is 21.9 Å². The number of halogens is 1. The summed E-state index contributed by atoms with van der Waals surface area (Å²) in [4.78, 5) is 10.8. The molecule has 0 aliphatic heterocycles. The monoisotopic (exact) mass is 270 g/mol. The Morgan fingerprint density at radius 3 is 2.40 bits per heavy atom. The topological polar surface area (TPSA) is 37.3 Å². The molecule has 0 spiro atoms. The molecule has 3 heteroatoms. The average Bonchev–Trinajstić information content (AvgIpc) is 2.18. The van der Waals surface area contributed by atoms with Crippen molar-refractivity contribution in [3.63, 3.8) is 0 Å². The van der Waals surface area contributed by atoms with Gasteiger partial charge in [0.25, 0.3) is 0 Å². The van der Waals surface area contributed by atoms with Gasteiger partial charge in [-0.15, -0.1) is 0 Å². The first-order chi connectivity index (χ1) is 7.10. The number of rotatable bonds is 4. The van der Waals surface area contributed by atoms with Crippen LogP contribution in [-0.2, 0) is 24.1 Å². The van der Waals surface area contributed by atoms with Crippen LogP contribution in [0.15, 0.2) is 16.6 Å². The van der Waals surface area contributed by atoms with Crippen LogP contribution in [0.1, 0.15) is 30.5 Å². The van der Waals surface area contributed by atoms with Crippen LogP contribution in [0.5, 0.6) is 0 Å². The molecule has 0 fully saturated rings. The van der Waals surface area contributed by atoms with E-state index in [1.165, 1.54) is 0 Å². The lowest BCUT2D eigenvalue weighted by Crippen LogP contribution is -2.07. The van der Waals surface area contributed by atoms with Gasteiger partial charge < -0.3 is 5.11 Å². The molecule has 82 valence electrons. The van der Waals surface area contributed by atoms with E-state index in [0.717, 1.165) is 34.0 Å². The first-order valence-corrected chi connectivity index (χ1v) is 5.90. The molecular formula is C12H15BrO2. The van der Waals surface area contributed by atoms with Gasteiger partial charge in [-0.25, -0.2) is 0 Å². The molecule has 0 saturated carbocycles. The van der Waals surface area contributed by atoms with Gasteiger partial charge in [-0.3, -0.25) is 4.79 Å². The molecule has 0 atom stereocenters. The summed E-state index contributed by atoms with van der Waals surface area (Å²) >= 11 is 3.47. The fraction of sp³-hybridized carbons (Fsp3) is 0.417. The van der Waals surface area contributed by atoms with Crippen LogP contribution >= 0.6 is 15.9 Å². The molecule has 0 heterocycles. The molecule has 1 rings (SSSR count). The van der Waals surface area contributed by atoms with E-state index in [-0.39, 0.29) is 6.42 Å². The summed E-state index contributed by atoms with van der Waals surface area (Å²) in [7, 11) is 0. The number of aryl methyl sites for hydroxylation is 1. The highest BCUT2D eigenvalue weighted by Gasteiger charge is 2.12. The van der Waals surface area contributed by atoms with E-state index in [1.54, 1.807) is 0 Å². The van der Waals surface area contributed by atoms with Crippen LogP contribution in [0.2, 0.25) is 0 Å². The molecule has 1 aromatic carbocycles. The third-order valence-corrected chi connectivity index (χ3v) is 3.28. The quantitative estimate of drug-likeness (QED) is 0.913. The van der Waals surface area contributed by atoms with Gasteiger partial charge in [-0.1, -0.05) is 35.8 Å². The van der Waals surface area contributed by atoms with E-state index in [4.69, 9.17) is 5.11 Å². The van der Waals surface area contributed by atoms with Crippen molar-refractivity contribution < 1.29 is 9.90 Å². The Morgan fingerprint density at radius 1 is 1.27 bits per heavy atom. The van der Waals surface area contributed by atoms with Crippen molar-refractivity contribution in [3.05, 3.63) is 33.3 Å². The average molecular weight is 271 g/mol. The van der Waals surface area contributed by atoms with E-state index in [2.05, 4.69) is 15.9 Å². The van der Waals surface area contributed by atoms with Crippen molar-refractivity contribution in [2.75, 3.05) is 0 Å². The predicted molar refractivity (Wildman–Crippen MR) is 64.2 cm³/mol. The molecule has 0 unspecified atom stereocenters. The van der Waals surface area contributed by atoms with Gasteiger partial charge in [0.15, 0.2) is 0 Å². The van der Waals surface area contributed by atoms with E-state index < -0.39 is 5.97 Å². The lowest BCUT2D eigenvalue weighted by molar-refractivity contribution is -0.136. The summed E-state index contributed by atoms with van der Waals surface area (Å²) in [5, 5.41) is 8.88. The highest BCUT2D eigenvalue weighted by atomic mass is 79.9. The second-order valence-corrected chi connectivity index (χ2v) is 4.30. The van der Waals surface area contributed by atoms with Gasteiger partial charge in [0.05, 0.1) is 6.42 Å². The number of carboxylic acid groups (broad SMARTS) is 1. The number of benzene rings is 1. The zero-order valence-electron chi connectivity index (χ0n) is 9.01. The molecule has 1 N–H and O–H groups in total.